The molecule has 28 heavy (non-hydrogen) atoms. The third-order valence-corrected chi connectivity index (χ3v) is 4.31. The Hall–Kier alpha value is -3.75. The lowest BCUT2D eigenvalue weighted by atomic mass is 10.2. The molecule has 4 rings (SSSR count). The van der Waals surface area contributed by atoms with Gasteiger partial charge in [0.1, 0.15) is 0 Å². The molecule has 0 atom stereocenters. The first-order valence-corrected chi connectivity index (χ1v) is 8.71. The number of carbonyl (C=O) groups excluding carboxylic acids is 1. The highest BCUT2D eigenvalue weighted by molar-refractivity contribution is 5.94. The molecule has 0 saturated heterocycles. The minimum Gasteiger partial charge on any atom is -0.378 e. The van der Waals surface area contributed by atoms with Gasteiger partial charge in [-0.15, -0.1) is 10.2 Å². The number of nitrogens with zero attached hydrogens (tertiary/aromatic N) is 6. The van der Waals surface area contributed by atoms with Crippen LogP contribution in [0, 0.1) is 6.92 Å². The zero-order valence-corrected chi connectivity index (χ0v) is 15.7. The van der Waals surface area contributed by atoms with Crippen molar-refractivity contribution in [2.45, 2.75) is 13.5 Å². The number of fused-ring (bicyclic) bond motifs is 1. The number of hydrogen-bond acceptors (Lipinski definition) is 7. The van der Waals surface area contributed by atoms with Crippen LogP contribution >= 0.6 is 0 Å². The van der Waals surface area contributed by atoms with Crippen molar-refractivity contribution in [3.8, 4) is 11.5 Å². The Morgan fingerprint density at radius 2 is 1.96 bits per heavy atom. The van der Waals surface area contributed by atoms with Crippen molar-refractivity contribution >= 4 is 17.2 Å². The summed E-state index contributed by atoms with van der Waals surface area (Å²) in [5.74, 6) is 1.46. The fraction of sp³-hybridized carbons (Fsp3) is 0.211. The number of anilines is 1. The van der Waals surface area contributed by atoms with E-state index in [1.165, 1.54) is 0 Å². The standard InChI is InChI=1S/C19H19N7O2/c1-12-21-19(28-24-12)14-8-9-26-16(10-14)22-23-17(26)11-20-18(27)13-4-6-15(7-5-13)25(2)3/h4-10H,11H2,1-3H3,(H,20,27). The number of nitrogens with one attached hydrogen (secondary N) is 1. The zero-order valence-electron chi connectivity index (χ0n) is 15.7. The molecular weight excluding hydrogens is 358 g/mol. The molecule has 0 unspecified atom stereocenters. The molecule has 1 aromatic carbocycles. The number of rotatable bonds is 5. The van der Waals surface area contributed by atoms with Crippen LogP contribution in [-0.2, 0) is 6.54 Å². The van der Waals surface area contributed by atoms with Crippen molar-refractivity contribution in [3.63, 3.8) is 0 Å². The van der Waals surface area contributed by atoms with Gasteiger partial charge in [0.05, 0.1) is 6.54 Å². The Labute approximate surface area is 161 Å². The molecule has 0 fully saturated rings. The molecule has 0 aliphatic heterocycles. The van der Waals surface area contributed by atoms with Gasteiger partial charge in [-0.3, -0.25) is 9.20 Å². The Kier molecular flexibility index (Phi) is 4.48. The minimum absolute atomic E-state index is 0.167. The molecule has 9 nitrogen and oxygen atoms in total. The second-order valence-electron chi connectivity index (χ2n) is 6.53. The zero-order chi connectivity index (χ0) is 19.7. The molecule has 0 saturated carbocycles. The van der Waals surface area contributed by atoms with Crippen molar-refractivity contribution in [3.05, 3.63) is 59.8 Å². The number of hydrogen-bond donors (Lipinski definition) is 1. The van der Waals surface area contributed by atoms with Crippen LogP contribution in [0.2, 0.25) is 0 Å². The minimum atomic E-state index is -0.167. The van der Waals surface area contributed by atoms with Crippen molar-refractivity contribution in [1.82, 2.24) is 30.1 Å². The van der Waals surface area contributed by atoms with E-state index in [2.05, 4.69) is 25.7 Å². The van der Waals surface area contributed by atoms with Crippen LogP contribution in [0.4, 0.5) is 5.69 Å². The van der Waals surface area contributed by atoms with Crippen LogP contribution in [0.3, 0.4) is 0 Å². The van der Waals surface area contributed by atoms with Gasteiger partial charge in [0.15, 0.2) is 17.3 Å². The normalized spacial score (nSPS) is 11.0. The predicted molar refractivity (Wildman–Crippen MR) is 103 cm³/mol. The first kappa shape index (κ1) is 17.7. The topological polar surface area (TPSA) is 101 Å². The summed E-state index contributed by atoms with van der Waals surface area (Å²) in [7, 11) is 3.91. The average molecular weight is 377 g/mol. The summed E-state index contributed by atoms with van der Waals surface area (Å²) in [5, 5.41) is 15.0. The highest BCUT2D eigenvalue weighted by Gasteiger charge is 2.12. The van der Waals surface area contributed by atoms with E-state index in [1.807, 2.05) is 53.9 Å². The SMILES string of the molecule is Cc1noc(-c2ccn3c(CNC(=O)c4ccc(N(C)C)cc4)nnc3c2)n1. The summed E-state index contributed by atoms with van der Waals surface area (Å²) in [5.41, 5.74) is 3.02. The maximum absolute atomic E-state index is 12.4. The number of benzene rings is 1. The molecule has 0 aliphatic rings. The molecular formula is C19H19N7O2. The lowest BCUT2D eigenvalue weighted by Crippen LogP contribution is -2.24. The van der Waals surface area contributed by atoms with Gasteiger partial charge in [-0.2, -0.15) is 4.98 Å². The van der Waals surface area contributed by atoms with Crippen LogP contribution in [-0.4, -0.2) is 44.7 Å². The Morgan fingerprint density at radius 1 is 1.18 bits per heavy atom. The molecule has 4 aromatic rings. The maximum Gasteiger partial charge on any atom is 0.258 e. The van der Waals surface area contributed by atoms with Crippen molar-refractivity contribution in [2.75, 3.05) is 19.0 Å². The van der Waals surface area contributed by atoms with E-state index >= 15 is 0 Å². The summed E-state index contributed by atoms with van der Waals surface area (Å²) < 4.78 is 6.99. The van der Waals surface area contributed by atoms with Crippen LogP contribution < -0.4 is 10.2 Å². The van der Waals surface area contributed by atoms with E-state index in [0.29, 0.717) is 28.8 Å². The third-order valence-electron chi connectivity index (χ3n) is 4.31. The number of aryl methyl sites for hydroxylation is 1. The molecule has 142 valence electrons. The van der Waals surface area contributed by atoms with Gasteiger partial charge in [0.2, 0.25) is 0 Å². The predicted octanol–water partition coefficient (Wildman–Crippen LogP) is 2.08. The molecule has 1 N–H and O–H groups in total. The van der Waals surface area contributed by atoms with Crippen LogP contribution in [0.1, 0.15) is 22.0 Å². The largest absolute Gasteiger partial charge is 0.378 e. The lowest BCUT2D eigenvalue weighted by molar-refractivity contribution is 0.0950. The van der Waals surface area contributed by atoms with Gasteiger partial charge in [0, 0.05) is 37.1 Å². The molecule has 0 spiro atoms. The first-order valence-electron chi connectivity index (χ1n) is 8.71. The maximum atomic E-state index is 12.4. The average Bonchev–Trinajstić information content (AvgIpc) is 3.31. The lowest BCUT2D eigenvalue weighted by Gasteiger charge is -2.12. The third kappa shape index (κ3) is 3.41. The van der Waals surface area contributed by atoms with E-state index in [9.17, 15) is 4.79 Å². The summed E-state index contributed by atoms with van der Waals surface area (Å²) in [6.07, 6.45) is 1.82. The van der Waals surface area contributed by atoms with Crippen LogP contribution in [0.25, 0.3) is 17.1 Å². The summed E-state index contributed by atoms with van der Waals surface area (Å²) >= 11 is 0. The second kappa shape index (κ2) is 7.10. The number of carbonyl (C=O) groups is 1. The second-order valence-corrected chi connectivity index (χ2v) is 6.53. The monoisotopic (exact) mass is 377 g/mol. The Morgan fingerprint density at radius 3 is 2.64 bits per heavy atom. The molecule has 3 aromatic heterocycles. The number of amides is 1. The van der Waals surface area contributed by atoms with Gasteiger partial charge < -0.3 is 14.7 Å². The van der Waals surface area contributed by atoms with E-state index in [1.54, 1.807) is 19.1 Å². The Balaban J connectivity index is 1.48. The van der Waals surface area contributed by atoms with Crippen molar-refractivity contribution in [1.29, 1.82) is 0 Å². The van der Waals surface area contributed by atoms with E-state index < -0.39 is 0 Å². The van der Waals surface area contributed by atoms with Gasteiger partial charge in [-0.25, -0.2) is 0 Å². The van der Waals surface area contributed by atoms with Gasteiger partial charge in [-0.05, 0) is 43.3 Å². The summed E-state index contributed by atoms with van der Waals surface area (Å²) in [4.78, 5) is 18.6. The highest BCUT2D eigenvalue weighted by atomic mass is 16.5. The van der Waals surface area contributed by atoms with E-state index in [-0.39, 0.29) is 12.5 Å². The molecule has 0 radical (unpaired) electrons. The van der Waals surface area contributed by atoms with Gasteiger partial charge in [-0.1, -0.05) is 5.16 Å². The van der Waals surface area contributed by atoms with E-state index in [0.717, 1.165) is 11.3 Å². The fourth-order valence-electron chi connectivity index (χ4n) is 2.78. The molecule has 0 bridgehead atoms. The van der Waals surface area contributed by atoms with Gasteiger partial charge in [0.25, 0.3) is 11.8 Å². The number of aromatic nitrogens is 5. The molecule has 3 heterocycles. The van der Waals surface area contributed by atoms with Gasteiger partial charge >= 0.3 is 0 Å². The molecule has 1 amide bonds. The van der Waals surface area contributed by atoms with Crippen molar-refractivity contribution < 1.29 is 9.32 Å². The molecule has 0 aliphatic carbocycles. The summed E-state index contributed by atoms with van der Waals surface area (Å²) in [6, 6.07) is 11.1. The molecule has 9 heteroatoms. The smallest absolute Gasteiger partial charge is 0.258 e. The highest BCUT2D eigenvalue weighted by Crippen LogP contribution is 2.19. The fourth-order valence-corrected chi connectivity index (χ4v) is 2.78. The Bertz CT molecular complexity index is 1130. The van der Waals surface area contributed by atoms with Crippen LogP contribution in [0.5, 0.6) is 0 Å². The van der Waals surface area contributed by atoms with Crippen molar-refractivity contribution in [2.24, 2.45) is 0 Å². The van der Waals surface area contributed by atoms with E-state index in [4.69, 9.17) is 4.52 Å². The first-order chi connectivity index (χ1) is 13.5. The quantitative estimate of drug-likeness (QED) is 0.568. The van der Waals surface area contributed by atoms with Crippen LogP contribution in [0.15, 0.2) is 47.1 Å². The number of pyridine rings is 1. The summed E-state index contributed by atoms with van der Waals surface area (Å²) in [6.45, 7) is 2.02.